The van der Waals surface area contributed by atoms with Crippen molar-refractivity contribution >= 4 is 34.4 Å². The van der Waals surface area contributed by atoms with Crippen molar-refractivity contribution in [2.45, 2.75) is 46.1 Å². The van der Waals surface area contributed by atoms with E-state index in [1.165, 1.54) is 4.88 Å². The molecule has 4 rings (SSSR count). The highest BCUT2D eigenvalue weighted by atomic mass is 35.5. The molecule has 0 bridgehead atoms. The molecule has 3 N–H and O–H groups in total. The number of Topliss-reactive ketones (excluding diaryl/α,β-unsaturated/α-hetero) is 1. The molecule has 1 aliphatic rings. The molecule has 1 aliphatic heterocycles. The SMILES string of the molecule is Cc1sc2c(c1C)C(c1ccc(Cl)cc1)=N[C@@H](CC(=O)CCCOCCOCCOCCOCCOCCOCCOCCOCCOCCOCCOCC[NH3+])c1nnc(C)n1-2.[Cl-]. The first-order valence-electron chi connectivity index (χ1n) is 21.9. The topological polar surface area (TPSA) is 189 Å². The monoisotopic (exact) mass is 961 g/mol. The Balaban J connectivity index is 0.0000109. The van der Waals surface area contributed by atoms with Crippen LogP contribution in [0.15, 0.2) is 29.3 Å². The first-order valence-corrected chi connectivity index (χ1v) is 23.1. The van der Waals surface area contributed by atoms with Crippen molar-refractivity contribution in [1.82, 2.24) is 14.8 Å². The zero-order valence-electron chi connectivity index (χ0n) is 37.8. The van der Waals surface area contributed by atoms with Gasteiger partial charge >= 0.3 is 0 Å². The summed E-state index contributed by atoms with van der Waals surface area (Å²) in [6.07, 6.45) is 1.21. The minimum absolute atomic E-state index is 0. The normalized spacial score (nSPS) is 13.4. The van der Waals surface area contributed by atoms with Crippen LogP contribution < -0.4 is 18.1 Å². The third kappa shape index (κ3) is 21.4. The number of rotatable bonds is 39. The number of halogens is 2. The third-order valence-electron chi connectivity index (χ3n) is 9.53. The van der Waals surface area contributed by atoms with Crippen molar-refractivity contribution in [2.24, 2.45) is 4.99 Å². The highest BCUT2D eigenvalue weighted by Crippen LogP contribution is 2.39. The van der Waals surface area contributed by atoms with Gasteiger partial charge in [0.1, 0.15) is 22.7 Å². The summed E-state index contributed by atoms with van der Waals surface area (Å²) in [6, 6.07) is 7.21. The van der Waals surface area contributed by atoms with Gasteiger partial charge in [-0.15, -0.1) is 21.5 Å². The predicted molar refractivity (Wildman–Crippen MR) is 239 cm³/mol. The van der Waals surface area contributed by atoms with Crippen LogP contribution in [0.25, 0.3) is 5.00 Å². The smallest absolute Gasteiger partial charge is 0.163 e. The molecule has 64 heavy (non-hydrogen) atoms. The predicted octanol–water partition coefficient (Wildman–Crippen LogP) is 0.967. The number of hydrogen-bond acceptors (Lipinski definition) is 16. The van der Waals surface area contributed by atoms with Crippen LogP contribution in [-0.2, 0) is 56.9 Å². The average molecular weight is 963 g/mol. The van der Waals surface area contributed by atoms with Crippen molar-refractivity contribution in [1.29, 1.82) is 0 Å². The molecule has 3 heterocycles. The maximum absolute atomic E-state index is 13.3. The van der Waals surface area contributed by atoms with E-state index in [0.717, 1.165) is 39.8 Å². The molecule has 0 spiro atoms. The van der Waals surface area contributed by atoms with E-state index in [-0.39, 0.29) is 24.6 Å². The molecular formula is C44H69Cl2N5O12S. The molecule has 0 unspecified atom stereocenters. The minimum atomic E-state index is -0.471. The molecule has 0 aliphatic carbocycles. The summed E-state index contributed by atoms with van der Waals surface area (Å²) < 4.78 is 62.6. The molecule has 1 aromatic carbocycles. The summed E-state index contributed by atoms with van der Waals surface area (Å²) in [6.45, 7) is 18.0. The van der Waals surface area contributed by atoms with Crippen LogP contribution in [0, 0.1) is 20.8 Å². The number of aromatic nitrogens is 3. The lowest BCUT2D eigenvalue weighted by molar-refractivity contribution is -0.374. The lowest BCUT2D eigenvalue weighted by Gasteiger charge is -2.12. The number of aliphatic imine (C=N–C) groups is 1. The van der Waals surface area contributed by atoms with E-state index in [2.05, 4.69) is 34.3 Å². The number of fused-ring (bicyclic) bond motifs is 3. The molecule has 362 valence electrons. The second-order valence-corrected chi connectivity index (χ2v) is 16.0. The Kier molecular flexibility index (Phi) is 30.3. The van der Waals surface area contributed by atoms with E-state index in [1.807, 2.05) is 31.2 Å². The van der Waals surface area contributed by atoms with E-state index >= 15 is 0 Å². The van der Waals surface area contributed by atoms with Crippen molar-refractivity contribution < 1.29 is 75.0 Å². The zero-order valence-corrected chi connectivity index (χ0v) is 40.2. The van der Waals surface area contributed by atoms with Gasteiger partial charge in [0.25, 0.3) is 0 Å². The Morgan fingerprint density at radius 3 is 1.45 bits per heavy atom. The number of nitrogens with zero attached hydrogens (tertiary/aromatic N) is 4. The highest BCUT2D eigenvalue weighted by Gasteiger charge is 2.32. The maximum atomic E-state index is 13.3. The van der Waals surface area contributed by atoms with Crippen LogP contribution >= 0.6 is 22.9 Å². The fourth-order valence-electron chi connectivity index (χ4n) is 6.22. The van der Waals surface area contributed by atoms with Gasteiger partial charge in [-0.3, -0.25) is 14.4 Å². The first-order chi connectivity index (χ1) is 30.9. The summed E-state index contributed by atoms with van der Waals surface area (Å²) in [5.74, 6) is 1.54. The van der Waals surface area contributed by atoms with Crippen LogP contribution in [0.1, 0.15) is 58.5 Å². The van der Waals surface area contributed by atoms with Crippen molar-refractivity contribution in [3.63, 3.8) is 0 Å². The van der Waals surface area contributed by atoms with Crippen molar-refractivity contribution in [3.05, 3.63) is 62.5 Å². The molecule has 17 nitrogen and oxygen atoms in total. The number of carbonyl (C=O) groups excluding carboxylic acids is 1. The van der Waals surface area contributed by atoms with Gasteiger partial charge in [0.2, 0.25) is 0 Å². The molecule has 0 fully saturated rings. The number of benzene rings is 1. The summed E-state index contributed by atoms with van der Waals surface area (Å²) in [5.41, 5.74) is 7.70. The zero-order chi connectivity index (χ0) is 44.7. The van der Waals surface area contributed by atoms with Gasteiger partial charge in [-0.2, -0.15) is 0 Å². The van der Waals surface area contributed by atoms with Crippen LogP contribution in [0.4, 0.5) is 0 Å². The number of aryl methyl sites for hydroxylation is 2. The van der Waals surface area contributed by atoms with E-state index < -0.39 is 6.04 Å². The number of hydrogen-bond donors (Lipinski definition) is 1. The Hall–Kier alpha value is -2.50. The third-order valence-corrected chi connectivity index (χ3v) is 11.0. The molecular weight excluding hydrogens is 893 g/mol. The number of quaternary nitrogens is 1. The fraction of sp³-hybridized carbons (Fsp3) is 0.682. The standard InChI is InChI=1S/C44H68ClN5O12S.ClH/c1-34-35(2)63-44-41(34)42(37-6-8-38(45)9-7-37)47-40(43-49-48-36(3)50(43)44)33-39(51)5-4-11-52-13-15-54-17-19-56-21-23-58-25-27-60-29-31-62-32-30-61-28-26-59-24-22-57-20-18-55-16-14-53-12-10-46;/h6-9,40H,4-5,10-33,46H2,1-3H3;1H/t40-;/m0./s1. The molecule has 1 atom stereocenters. The molecule has 3 aromatic rings. The van der Waals surface area contributed by atoms with Gasteiger partial charge in [0.05, 0.1) is 151 Å². The number of thiophene rings is 1. The minimum Gasteiger partial charge on any atom is -1.00 e. The Morgan fingerprint density at radius 2 is 1.03 bits per heavy atom. The van der Waals surface area contributed by atoms with Gasteiger partial charge in [-0.25, -0.2) is 0 Å². The summed E-state index contributed by atoms with van der Waals surface area (Å²) in [5, 5.41) is 10.6. The summed E-state index contributed by atoms with van der Waals surface area (Å²) in [4.78, 5) is 19.7. The lowest BCUT2D eigenvalue weighted by atomic mass is 9.99. The van der Waals surface area contributed by atoms with Gasteiger partial charge in [-0.05, 0) is 44.9 Å². The Labute approximate surface area is 393 Å². The summed E-state index contributed by atoms with van der Waals surface area (Å²) >= 11 is 7.91. The van der Waals surface area contributed by atoms with E-state index in [1.54, 1.807) is 11.3 Å². The van der Waals surface area contributed by atoms with Crippen LogP contribution in [-0.4, -0.2) is 178 Å². The van der Waals surface area contributed by atoms with E-state index in [0.29, 0.717) is 169 Å². The van der Waals surface area contributed by atoms with E-state index in [4.69, 9.17) is 68.7 Å². The van der Waals surface area contributed by atoms with Gasteiger partial charge in [0.15, 0.2) is 5.82 Å². The van der Waals surface area contributed by atoms with Crippen molar-refractivity contribution in [3.8, 4) is 5.00 Å². The number of ketones is 1. The van der Waals surface area contributed by atoms with Gasteiger partial charge in [-0.1, -0.05) is 23.7 Å². The van der Waals surface area contributed by atoms with E-state index in [9.17, 15) is 4.79 Å². The second-order valence-electron chi connectivity index (χ2n) is 14.3. The lowest BCUT2D eigenvalue weighted by Crippen LogP contribution is -3.00. The Morgan fingerprint density at radius 1 is 0.625 bits per heavy atom. The molecule has 0 saturated carbocycles. The average Bonchev–Trinajstić information content (AvgIpc) is 3.76. The molecule has 0 saturated heterocycles. The molecule has 0 radical (unpaired) electrons. The second kappa shape index (κ2) is 34.8. The van der Waals surface area contributed by atoms with Gasteiger partial charge in [0, 0.05) is 40.5 Å². The molecule has 2 aromatic heterocycles. The molecule has 20 heteroatoms. The number of carbonyl (C=O) groups is 1. The van der Waals surface area contributed by atoms with Gasteiger partial charge < -0.3 is 70.2 Å². The highest BCUT2D eigenvalue weighted by molar-refractivity contribution is 7.15. The molecule has 0 amide bonds. The van der Waals surface area contributed by atoms with Crippen LogP contribution in [0.3, 0.4) is 0 Å². The quantitative estimate of drug-likeness (QED) is 0.0797. The fourth-order valence-corrected chi connectivity index (χ4v) is 7.56. The number of ether oxygens (including phenoxy) is 11. The maximum Gasteiger partial charge on any atom is 0.163 e. The van der Waals surface area contributed by atoms with Crippen LogP contribution in [0.2, 0.25) is 5.02 Å². The largest absolute Gasteiger partial charge is 1.00 e. The summed E-state index contributed by atoms with van der Waals surface area (Å²) in [7, 11) is 0. The van der Waals surface area contributed by atoms with Crippen LogP contribution in [0.5, 0.6) is 0 Å². The van der Waals surface area contributed by atoms with Crippen molar-refractivity contribution in [2.75, 3.05) is 152 Å². The first kappa shape index (κ1) is 55.8. The Bertz CT molecular complexity index is 1720.